The first-order valence-electron chi connectivity index (χ1n) is 5.54. The molecule has 0 spiro atoms. The Bertz CT molecular complexity index is 303. The van der Waals surface area contributed by atoms with Crippen LogP contribution in [-0.2, 0) is 17.8 Å². The molecule has 0 atom stereocenters. The van der Waals surface area contributed by atoms with Gasteiger partial charge in [0.2, 0.25) is 5.91 Å². The quantitative estimate of drug-likeness (QED) is 0.786. The summed E-state index contributed by atoms with van der Waals surface area (Å²) in [5.74, 6) is 0.0186. The van der Waals surface area contributed by atoms with Crippen LogP contribution in [0.2, 0.25) is 0 Å². The Morgan fingerprint density at radius 3 is 2.33 bits per heavy atom. The molecule has 0 fully saturated rings. The largest absolute Gasteiger partial charge is 0.352 e. The van der Waals surface area contributed by atoms with Gasteiger partial charge in [0.25, 0.3) is 0 Å². The lowest BCUT2D eigenvalue weighted by Crippen LogP contribution is -2.18. The topological polar surface area (TPSA) is 29.1 Å². The Balaban J connectivity index is 2.45. The van der Waals surface area contributed by atoms with Crippen molar-refractivity contribution in [3.05, 3.63) is 35.4 Å². The summed E-state index contributed by atoms with van der Waals surface area (Å²) in [6.07, 6.45) is 3.62. The number of amides is 1. The molecule has 1 rings (SSSR count). The average molecular weight is 205 g/mol. The molecule has 1 amide bonds. The monoisotopic (exact) mass is 205 g/mol. The third-order valence-electron chi connectivity index (χ3n) is 2.38. The number of aryl methyl sites for hydroxylation is 1. The van der Waals surface area contributed by atoms with Gasteiger partial charge in [-0.15, -0.1) is 0 Å². The van der Waals surface area contributed by atoms with Crippen LogP contribution < -0.4 is 5.32 Å². The maximum Gasteiger partial charge on any atom is 0.217 e. The third-order valence-corrected chi connectivity index (χ3v) is 2.38. The molecule has 0 aliphatic rings. The molecule has 0 heterocycles. The van der Waals surface area contributed by atoms with Gasteiger partial charge >= 0.3 is 0 Å². The number of rotatable bonds is 5. The van der Waals surface area contributed by atoms with Gasteiger partial charge in [-0.25, -0.2) is 0 Å². The molecule has 0 saturated heterocycles. The van der Waals surface area contributed by atoms with Crippen LogP contribution in [0.1, 0.15) is 37.8 Å². The first kappa shape index (κ1) is 11.8. The van der Waals surface area contributed by atoms with Crippen LogP contribution in [0.15, 0.2) is 24.3 Å². The summed E-state index contributed by atoms with van der Waals surface area (Å²) in [4.78, 5) is 10.7. The summed E-state index contributed by atoms with van der Waals surface area (Å²) in [7, 11) is 0. The number of hydrogen-bond acceptors (Lipinski definition) is 1. The van der Waals surface area contributed by atoms with E-state index in [1.807, 2.05) is 0 Å². The second-order valence-electron chi connectivity index (χ2n) is 3.83. The van der Waals surface area contributed by atoms with Gasteiger partial charge in [-0.3, -0.25) is 4.79 Å². The Hall–Kier alpha value is -1.31. The Kier molecular flexibility index (Phi) is 4.88. The van der Waals surface area contributed by atoms with Crippen molar-refractivity contribution in [2.45, 2.75) is 39.7 Å². The van der Waals surface area contributed by atoms with Crippen molar-refractivity contribution < 1.29 is 4.79 Å². The van der Waals surface area contributed by atoms with E-state index in [4.69, 9.17) is 0 Å². The highest BCUT2D eigenvalue weighted by atomic mass is 16.1. The lowest BCUT2D eigenvalue weighted by atomic mass is 10.1. The van der Waals surface area contributed by atoms with Crippen LogP contribution >= 0.6 is 0 Å². The first-order chi connectivity index (χ1) is 7.22. The van der Waals surface area contributed by atoms with E-state index < -0.39 is 0 Å². The minimum absolute atomic E-state index is 0.0186. The van der Waals surface area contributed by atoms with Crippen molar-refractivity contribution in [3.63, 3.8) is 0 Å². The summed E-state index contributed by atoms with van der Waals surface area (Å²) in [5.41, 5.74) is 2.54. The van der Waals surface area contributed by atoms with Gasteiger partial charge in [0.15, 0.2) is 0 Å². The van der Waals surface area contributed by atoms with E-state index >= 15 is 0 Å². The predicted molar refractivity (Wildman–Crippen MR) is 62.6 cm³/mol. The van der Waals surface area contributed by atoms with Crippen molar-refractivity contribution in [2.75, 3.05) is 0 Å². The molecular weight excluding hydrogens is 186 g/mol. The van der Waals surface area contributed by atoms with Crippen LogP contribution in [0.25, 0.3) is 0 Å². The van der Waals surface area contributed by atoms with E-state index in [2.05, 4.69) is 36.5 Å². The normalized spacial score (nSPS) is 10.0. The van der Waals surface area contributed by atoms with Crippen molar-refractivity contribution in [3.8, 4) is 0 Å². The molecule has 82 valence electrons. The second kappa shape index (κ2) is 6.23. The summed E-state index contributed by atoms with van der Waals surface area (Å²) in [6, 6.07) is 8.46. The van der Waals surface area contributed by atoms with Crippen LogP contribution in [0.3, 0.4) is 0 Å². The number of carbonyl (C=O) groups excluding carboxylic acids is 1. The lowest BCUT2D eigenvalue weighted by Gasteiger charge is -2.04. The molecule has 15 heavy (non-hydrogen) atoms. The molecule has 1 N–H and O–H groups in total. The molecule has 0 aromatic heterocycles. The van der Waals surface area contributed by atoms with E-state index in [9.17, 15) is 4.79 Å². The molecule has 0 aliphatic heterocycles. The molecule has 0 saturated carbocycles. The van der Waals surface area contributed by atoms with Crippen molar-refractivity contribution >= 4 is 5.91 Å². The van der Waals surface area contributed by atoms with Crippen LogP contribution in [-0.4, -0.2) is 5.91 Å². The molecule has 1 aromatic rings. The Labute approximate surface area is 91.7 Å². The van der Waals surface area contributed by atoms with E-state index in [1.54, 1.807) is 0 Å². The molecule has 2 nitrogen and oxygen atoms in total. The smallest absolute Gasteiger partial charge is 0.217 e. The fourth-order valence-corrected chi connectivity index (χ4v) is 1.43. The highest BCUT2D eigenvalue weighted by Crippen LogP contribution is 2.07. The molecule has 0 aliphatic carbocycles. The van der Waals surface area contributed by atoms with Gasteiger partial charge in [0.05, 0.1) is 0 Å². The third kappa shape index (κ3) is 4.63. The van der Waals surface area contributed by atoms with Gasteiger partial charge in [-0.05, 0) is 24.0 Å². The molecule has 2 heteroatoms. The minimum atomic E-state index is 0.0186. The van der Waals surface area contributed by atoms with Gasteiger partial charge in [-0.2, -0.15) is 0 Å². The fraction of sp³-hybridized carbons (Fsp3) is 0.462. The molecular formula is C13H19NO. The predicted octanol–water partition coefficient (Wildman–Crippen LogP) is 2.67. The average Bonchev–Trinajstić information content (AvgIpc) is 2.25. The maximum absolute atomic E-state index is 10.7. The van der Waals surface area contributed by atoms with Crippen molar-refractivity contribution in [2.24, 2.45) is 0 Å². The number of benzene rings is 1. The standard InChI is InChI=1S/C13H19NO/c1-3-4-5-12-6-8-13(9-7-12)10-14-11(2)15/h6-9H,3-5,10H2,1-2H3,(H,14,15). The molecule has 0 unspecified atom stereocenters. The van der Waals surface area contributed by atoms with Gasteiger partial charge in [-0.1, -0.05) is 37.6 Å². The van der Waals surface area contributed by atoms with Crippen molar-refractivity contribution in [1.82, 2.24) is 5.32 Å². The number of hydrogen-bond donors (Lipinski definition) is 1. The zero-order chi connectivity index (χ0) is 11.1. The van der Waals surface area contributed by atoms with Crippen LogP contribution in [0, 0.1) is 0 Å². The number of carbonyl (C=O) groups is 1. The van der Waals surface area contributed by atoms with E-state index in [0.29, 0.717) is 6.54 Å². The lowest BCUT2D eigenvalue weighted by molar-refractivity contribution is -0.119. The SMILES string of the molecule is CCCCc1ccc(CNC(C)=O)cc1. The van der Waals surface area contributed by atoms with Gasteiger partial charge < -0.3 is 5.32 Å². The highest BCUT2D eigenvalue weighted by molar-refractivity contribution is 5.72. The van der Waals surface area contributed by atoms with Crippen LogP contribution in [0.5, 0.6) is 0 Å². The number of unbranched alkanes of at least 4 members (excludes halogenated alkanes) is 1. The fourth-order valence-electron chi connectivity index (χ4n) is 1.43. The van der Waals surface area contributed by atoms with E-state index in [-0.39, 0.29) is 5.91 Å². The van der Waals surface area contributed by atoms with E-state index in [1.165, 1.54) is 25.3 Å². The highest BCUT2D eigenvalue weighted by Gasteiger charge is 1.95. The maximum atomic E-state index is 10.7. The van der Waals surface area contributed by atoms with Gasteiger partial charge in [0, 0.05) is 13.5 Å². The second-order valence-corrected chi connectivity index (χ2v) is 3.83. The zero-order valence-corrected chi connectivity index (χ0v) is 9.55. The zero-order valence-electron chi connectivity index (χ0n) is 9.55. The van der Waals surface area contributed by atoms with Crippen LogP contribution in [0.4, 0.5) is 0 Å². The van der Waals surface area contributed by atoms with Crippen molar-refractivity contribution in [1.29, 1.82) is 0 Å². The Morgan fingerprint density at radius 1 is 1.20 bits per heavy atom. The summed E-state index contributed by atoms with van der Waals surface area (Å²) in [5, 5.41) is 2.79. The molecule has 0 radical (unpaired) electrons. The van der Waals surface area contributed by atoms with Gasteiger partial charge in [0.1, 0.15) is 0 Å². The number of nitrogens with one attached hydrogen (secondary N) is 1. The summed E-state index contributed by atoms with van der Waals surface area (Å²) >= 11 is 0. The summed E-state index contributed by atoms with van der Waals surface area (Å²) in [6.45, 7) is 4.37. The first-order valence-corrected chi connectivity index (χ1v) is 5.54. The minimum Gasteiger partial charge on any atom is -0.352 e. The summed E-state index contributed by atoms with van der Waals surface area (Å²) < 4.78 is 0. The van der Waals surface area contributed by atoms with E-state index in [0.717, 1.165) is 12.0 Å². The molecule has 1 aromatic carbocycles. The molecule has 0 bridgehead atoms. The Morgan fingerprint density at radius 2 is 1.80 bits per heavy atom.